The second kappa shape index (κ2) is 5.44. The van der Waals surface area contributed by atoms with Gasteiger partial charge in [-0.1, -0.05) is 6.07 Å². The lowest BCUT2D eigenvalue weighted by Gasteiger charge is -2.06. The smallest absolute Gasteiger partial charge is 0.336 e. The Hall–Kier alpha value is -2.95. The number of aromatic hydroxyl groups is 1. The molecule has 0 radical (unpaired) electrons. The third-order valence-electron chi connectivity index (χ3n) is 3.55. The summed E-state index contributed by atoms with van der Waals surface area (Å²) in [5.74, 6) is -0.170. The molecule has 5 nitrogen and oxygen atoms in total. The highest BCUT2D eigenvalue weighted by atomic mass is 16.5. The van der Waals surface area contributed by atoms with Crippen molar-refractivity contribution >= 4 is 16.9 Å². The minimum absolute atomic E-state index is 0.172. The fraction of sp³-hybridized carbons (Fsp3) is 0.118. The molecule has 0 saturated carbocycles. The Bertz CT molecular complexity index is 834. The highest BCUT2D eigenvalue weighted by Gasteiger charge is 2.15. The first-order valence-corrected chi connectivity index (χ1v) is 6.78. The molecule has 0 amide bonds. The van der Waals surface area contributed by atoms with Crippen molar-refractivity contribution in [3.05, 3.63) is 59.8 Å². The van der Waals surface area contributed by atoms with Crippen LogP contribution in [0.25, 0.3) is 10.9 Å². The SMILES string of the molecule is Cn1cc(COc2ccc(O)cc2)c2c(C(=O)O)cccc21. The summed E-state index contributed by atoms with van der Waals surface area (Å²) in [6.07, 6.45) is 1.87. The van der Waals surface area contributed by atoms with Gasteiger partial charge in [0.05, 0.1) is 5.56 Å². The van der Waals surface area contributed by atoms with E-state index in [1.54, 1.807) is 36.4 Å². The quantitative estimate of drug-likeness (QED) is 0.776. The molecule has 1 aromatic heterocycles. The molecule has 112 valence electrons. The van der Waals surface area contributed by atoms with Crippen LogP contribution in [0.15, 0.2) is 48.7 Å². The van der Waals surface area contributed by atoms with Gasteiger partial charge in [0.1, 0.15) is 18.1 Å². The average molecular weight is 297 g/mol. The first-order valence-electron chi connectivity index (χ1n) is 6.78. The second-order valence-corrected chi connectivity index (χ2v) is 5.05. The summed E-state index contributed by atoms with van der Waals surface area (Å²) in [7, 11) is 1.87. The highest BCUT2D eigenvalue weighted by Crippen LogP contribution is 2.26. The number of fused-ring (bicyclic) bond motifs is 1. The summed E-state index contributed by atoms with van der Waals surface area (Å²) < 4.78 is 7.57. The van der Waals surface area contributed by atoms with Crippen molar-refractivity contribution in [1.82, 2.24) is 4.57 Å². The number of aromatic carboxylic acids is 1. The van der Waals surface area contributed by atoms with Gasteiger partial charge < -0.3 is 19.5 Å². The number of phenolic OH excluding ortho intramolecular Hbond substituents is 1. The summed E-state index contributed by atoms with van der Waals surface area (Å²) in [5, 5.41) is 19.3. The average Bonchev–Trinajstić information content (AvgIpc) is 2.83. The van der Waals surface area contributed by atoms with Gasteiger partial charge in [0.25, 0.3) is 0 Å². The zero-order valence-corrected chi connectivity index (χ0v) is 12.0. The van der Waals surface area contributed by atoms with Crippen LogP contribution in [0.1, 0.15) is 15.9 Å². The zero-order chi connectivity index (χ0) is 15.7. The van der Waals surface area contributed by atoms with Crippen LogP contribution in [-0.2, 0) is 13.7 Å². The van der Waals surface area contributed by atoms with Crippen molar-refractivity contribution in [1.29, 1.82) is 0 Å². The first-order chi connectivity index (χ1) is 10.6. The molecule has 3 aromatic rings. The van der Waals surface area contributed by atoms with E-state index in [0.29, 0.717) is 11.1 Å². The van der Waals surface area contributed by atoms with Gasteiger partial charge in [0, 0.05) is 29.7 Å². The largest absolute Gasteiger partial charge is 0.508 e. The molecule has 2 N–H and O–H groups in total. The van der Waals surface area contributed by atoms with Gasteiger partial charge >= 0.3 is 5.97 Å². The predicted molar refractivity (Wildman–Crippen MR) is 82.3 cm³/mol. The molecule has 0 spiro atoms. The van der Waals surface area contributed by atoms with Crippen molar-refractivity contribution in [3.63, 3.8) is 0 Å². The highest BCUT2D eigenvalue weighted by molar-refractivity contribution is 6.04. The minimum atomic E-state index is -0.956. The Kier molecular flexibility index (Phi) is 3.47. The normalized spacial score (nSPS) is 10.8. The van der Waals surface area contributed by atoms with E-state index in [0.717, 1.165) is 11.1 Å². The Labute approximate surface area is 127 Å². The maximum atomic E-state index is 11.4. The van der Waals surface area contributed by atoms with E-state index in [9.17, 15) is 15.0 Å². The lowest BCUT2D eigenvalue weighted by molar-refractivity contribution is 0.0699. The molecule has 0 aliphatic heterocycles. The second-order valence-electron chi connectivity index (χ2n) is 5.05. The molecule has 0 unspecified atom stereocenters. The van der Waals surface area contributed by atoms with Crippen LogP contribution in [0.5, 0.6) is 11.5 Å². The standard InChI is InChI=1S/C17H15NO4/c1-18-9-11(10-22-13-7-5-12(19)6-8-13)16-14(17(20)21)3-2-4-15(16)18/h2-9,19H,10H2,1H3,(H,20,21). The molecule has 1 heterocycles. The molecule has 5 heteroatoms. The number of ether oxygens (including phenoxy) is 1. The number of hydrogen-bond donors (Lipinski definition) is 2. The van der Waals surface area contributed by atoms with Gasteiger partial charge in [-0.25, -0.2) is 4.79 Å². The van der Waals surface area contributed by atoms with Crippen molar-refractivity contribution in [2.45, 2.75) is 6.61 Å². The zero-order valence-electron chi connectivity index (χ0n) is 12.0. The summed E-state index contributed by atoms with van der Waals surface area (Å²) in [4.78, 5) is 11.4. The first kappa shape index (κ1) is 14.0. The minimum Gasteiger partial charge on any atom is -0.508 e. The van der Waals surface area contributed by atoms with E-state index >= 15 is 0 Å². The van der Waals surface area contributed by atoms with E-state index in [-0.39, 0.29) is 17.9 Å². The number of nitrogens with zero attached hydrogens (tertiary/aromatic N) is 1. The van der Waals surface area contributed by atoms with Crippen LogP contribution >= 0.6 is 0 Å². The van der Waals surface area contributed by atoms with Crippen molar-refractivity contribution in [3.8, 4) is 11.5 Å². The van der Waals surface area contributed by atoms with E-state index in [2.05, 4.69) is 0 Å². The Morgan fingerprint density at radius 2 is 1.91 bits per heavy atom. The maximum Gasteiger partial charge on any atom is 0.336 e. The number of carbonyl (C=O) groups is 1. The van der Waals surface area contributed by atoms with Gasteiger partial charge in [0.2, 0.25) is 0 Å². The van der Waals surface area contributed by atoms with Crippen LogP contribution in [0, 0.1) is 0 Å². The van der Waals surface area contributed by atoms with Crippen molar-refractivity contribution in [2.24, 2.45) is 7.05 Å². The van der Waals surface area contributed by atoms with Gasteiger partial charge in [0.15, 0.2) is 0 Å². The maximum absolute atomic E-state index is 11.4. The molecule has 3 rings (SSSR count). The third-order valence-corrected chi connectivity index (χ3v) is 3.55. The van der Waals surface area contributed by atoms with Gasteiger partial charge in [-0.3, -0.25) is 0 Å². The fourth-order valence-electron chi connectivity index (χ4n) is 2.53. The molecular formula is C17H15NO4. The Morgan fingerprint density at radius 3 is 2.59 bits per heavy atom. The lowest BCUT2D eigenvalue weighted by Crippen LogP contribution is -2.00. The van der Waals surface area contributed by atoms with Crippen LogP contribution < -0.4 is 4.74 Å². The van der Waals surface area contributed by atoms with Crippen molar-refractivity contribution < 1.29 is 19.7 Å². The van der Waals surface area contributed by atoms with Gasteiger partial charge in [-0.2, -0.15) is 0 Å². The van der Waals surface area contributed by atoms with Crippen LogP contribution in [0.2, 0.25) is 0 Å². The fourth-order valence-corrected chi connectivity index (χ4v) is 2.53. The van der Waals surface area contributed by atoms with Gasteiger partial charge in [-0.15, -0.1) is 0 Å². The molecule has 0 atom stereocenters. The molecule has 0 aliphatic rings. The number of benzene rings is 2. The molecule has 0 saturated heterocycles. The monoisotopic (exact) mass is 297 g/mol. The summed E-state index contributed by atoms with van der Waals surface area (Å²) in [6.45, 7) is 0.256. The number of aromatic nitrogens is 1. The number of hydrogen-bond acceptors (Lipinski definition) is 3. The number of carboxylic acids is 1. The number of phenols is 1. The number of rotatable bonds is 4. The summed E-state index contributed by atoms with van der Waals surface area (Å²) in [6, 6.07) is 11.6. The van der Waals surface area contributed by atoms with E-state index in [1.807, 2.05) is 23.9 Å². The van der Waals surface area contributed by atoms with Crippen LogP contribution in [-0.4, -0.2) is 20.7 Å². The molecule has 0 bridgehead atoms. The Balaban J connectivity index is 1.96. The van der Waals surface area contributed by atoms with Gasteiger partial charge in [-0.05, 0) is 36.4 Å². The molecular weight excluding hydrogens is 282 g/mol. The molecule has 2 aromatic carbocycles. The van der Waals surface area contributed by atoms with Crippen LogP contribution in [0.4, 0.5) is 0 Å². The summed E-state index contributed by atoms with van der Waals surface area (Å²) >= 11 is 0. The van der Waals surface area contributed by atoms with Crippen molar-refractivity contribution in [2.75, 3.05) is 0 Å². The molecule has 0 aliphatic carbocycles. The lowest BCUT2D eigenvalue weighted by atomic mass is 10.1. The predicted octanol–water partition coefficient (Wildman–Crippen LogP) is 3.16. The summed E-state index contributed by atoms with van der Waals surface area (Å²) in [5.41, 5.74) is 1.93. The number of aryl methyl sites for hydroxylation is 1. The molecule has 0 fully saturated rings. The topological polar surface area (TPSA) is 71.7 Å². The van der Waals surface area contributed by atoms with E-state index < -0.39 is 5.97 Å². The van der Waals surface area contributed by atoms with Crippen LogP contribution in [0.3, 0.4) is 0 Å². The van der Waals surface area contributed by atoms with E-state index in [4.69, 9.17) is 4.74 Å². The molecule has 22 heavy (non-hydrogen) atoms. The number of carboxylic acid groups (broad SMARTS) is 1. The third kappa shape index (κ3) is 2.48. The Morgan fingerprint density at radius 1 is 1.18 bits per heavy atom. The van der Waals surface area contributed by atoms with E-state index in [1.165, 1.54) is 0 Å².